The van der Waals surface area contributed by atoms with Gasteiger partial charge < -0.3 is 15.0 Å². The Morgan fingerprint density at radius 2 is 1.95 bits per heavy atom. The molecule has 4 nitrogen and oxygen atoms in total. The Labute approximate surface area is 124 Å². The molecule has 0 saturated carbocycles. The topological polar surface area (TPSA) is 41.6 Å². The van der Waals surface area contributed by atoms with Crippen molar-refractivity contribution < 1.29 is 9.53 Å². The molecule has 1 N–H and O–H groups in total. The van der Waals surface area contributed by atoms with Gasteiger partial charge in [0.15, 0.2) is 6.61 Å². The molecule has 0 unspecified atom stereocenters. The molecule has 21 heavy (non-hydrogen) atoms. The summed E-state index contributed by atoms with van der Waals surface area (Å²) in [5.41, 5.74) is 4.28. The van der Waals surface area contributed by atoms with Crippen molar-refractivity contribution in [2.75, 3.05) is 23.9 Å². The number of amides is 1. The number of carbonyl (C=O) groups excluding carboxylic acids is 1. The van der Waals surface area contributed by atoms with Crippen molar-refractivity contribution in [2.45, 2.75) is 13.5 Å². The minimum Gasteiger partial charge on any atom is -0.481 e. The van der Waals surface area contributed by atoms with E-state index in [0.29, 0.717) is 0 Å². The van der Waals surface area contributed by atoms with Gasteiger partial charge in [-0.05, 0) is 24.6 Å². The Hall–Kier alpha value is -2.49. The molecule has 1 aliphatic heterocycles. The molecule has 3 rings (SSSR count). The van der Waals surface area contributed by atoms with Crippen LogP contribution in [-0.4, -0.2) is 19.6 Å². The van der Waals surface area contributed by atoms with E-state index in [-0.39, 0.29) is 12.5 Å². The average Bonchev–Trinajstić information content (AvgIpc) is 2.50. The third-order valence-corrected chi connectivity index (χ3v) is 3.66. The number of carbonyl (C=O) groups is 1. The quantitative estimate of drug-likeness (QED) is 0.941. The third kappa shape index (κ3) is 2.84. The van der Waals surface area contributed by atoms with Gasteiger partial charge in [0, 0.05) is 25.3 Å². The highest BCUT2D eigenvalue weighted by Crippen LogP contribution is 2.33. The molecule has 1 heterocycles. The van der Waals surface area contributed by atoms with Crippen molar-refractivity contribution in [3.63, 3.8) is 0 Å². The maximum absolute atomic E-state index is 11.6. The van der Waals surface area contributed by atoms with E-state index in [9.17, 15) is 4.79 Å². The van der Waals surface area contributed by atoms with Gasteiger partial charge in [-0.1, -0.05) is 29.8 Å². The van der Waals surface area contributed by atoms with E-state index in [0.717, 1.165) is 23.7 Å². The molecule has 0 bridgehead atoms. The predicted molar refractivity (Wildman–Crippen MR) is 83.9 cm³/mol. The number of aryl methyl sites for hydroxylation is 1. The zero-order valence-electron chi connectivity index (χ0n) is 12.2. The summed E-state index contributed by atoms with van der Waals surface area (Å²) in [6, 6.07) is 14.2. The third-order valence-electron chi connectivity index (χ3n) is 3.66. The van der Waals surface area contributed by atoms with Crippen LogP contribution in [0.15, 0.2) is 42.5 Å². The lowest BCUT2D eigenvalue weighted by molar-refractivity contribution is -0.120. The smallest absolute Gasteiger partial charge is 0.264 e. The maximum Gasteiger partial charge on any atom is 0.264 e. The minimum absolute atomic E-state index is 0.0251. The first-order valence-corrected chi connectivity index (χ1v) is 6.96. The van der Waals surface area contributed by atoms with Gasteiger partial charge in [0.1, 0.15) is 5.75 Å². The van der Waals surface area contributed by atoms with Crippen LogP contribution in [0.4, 0.5) is 11.4 Å². The summed E-state index contributed by atoms with van der Waals surface area (Å²) < 4.78 is 5.48. The van der Waals surface area contributed by atoms with Crippen LogP contribution in [0.25, 0.3) is 0 Å². The Morgan fingerprint density at radius 3 is 2.71 bits per heavy atom. The zero-order chi connectivity index (χ0) is 14.8. The van der Waals surface area contributed by atoms with Crippen LogP contribution in [0, 0.1) is 6.92 Å². The summed E-state index contributed by atoms with van der Waals surface area (Å²) in [6.07, 6.45) is 0. The molecule has 1 aliphatic rings. The van der Waals surface area contributed by atoms with Gasteiger partial charge in [0.05, 0.1) is 5.69 Å². The number of ether oxygens (including phenoxy) is 1. The van der Waals surface area contributed by atoms with Gasteiger partial charge in [-0.3, -0.25) is 4.79 Å². The Balaban J connectivity index is 1.72. The lowest BCUT2D eigenvalue weighted by Gasteiger charge is -2.26. The minimum atomic E-state index is -0.0251. The number of anilines is 2. The van der Waals surface area contributed by atoms with Gasteiger partial charge in [-0.25, -0.2) is 0 Å². The van der Waals surface area contributed by atoms with E-state index >= 15 is 0 Å². The molecule has 2 aromatic rings. The molecule has 0 fully saturated rings. The molecular formula is C17H18N2O2. The van der Waals surface area contributed by atoms with Crippen LogP contribution < -0.4 is 15.0 Å². The summed E-state index contributed by atoms with van der Waals surface area (Å²) in [7, 11) is 1.77. The molecule has 108 valence electrons. The number of likely N-dealkylation sites (N-methyl/N-ethyl adjacent to an activating group) is 1. The van der Waals surface area contributed by atoms with Crippen molar-refractivity contribution in [1.82, 2.24) is 0 Å². The molecule has 0 saturated heterocycles. The first-order chi connectivity index (χ1) is 10.1. The maximum atomic E-state index is 11.6. The number of nitrogens with zero attached hydrogens (tertiary/aromatic N) is 1. The second-order valence-electron chi connectivity index (χ2n) is 5.26. The summed E-state index contributed by atoms with van der Waals surface area (Å²) in [5, 5.41) is 3.37. The van der Waals surface area contributed by atoms with Crippen molar-refractivity contribution in [2.24, 2.45) is 0 Å². The van der Waals surface area contributed by atoms with E-state index in [4.69, 9.17) is 4.74 Å². The van der Waals surface area contributed by atoms with E-state index in [1.165, 1.54) is 11.1 Å². The van der Waals surface area contributed by atoms with Crippen molar-refractivity contribution in [3.05, 3.63) is 53.6 Å². The van der Waals surface area contributed by atoms with Crippen molar-refractivity contribution in [3.8, 4) is 5.75 Å². The highest BCUT2D eigenvalue weighted by molar-refractivity contribution is 5.97. The average molecular weight is 282 g/mol. The lowest BCUT2D eigenvalue weighted by atomic mass is 10.1. The van der Waals surface area contributed by atoms with Gasteiger partial charge in [0.25, 0.3) is 5.91 Å². The van der Waals surface area contributed by atoms with Gasteiger partial charge >= 0.3 is 0 Å². The van der Waals surface area contributed by atoms with E-state index < -0.39 is 0 Å². The van der Waals surface area contributed by atoms with E-state index in [1.54, 1.807) is 11.9 Å². The molecule has 0 spiro atoms. The Morgan fingerprint density at radius 1 is 1.19 bits per heavy atom. The number of nitrogens with one attached hydrogen (secondary N) is 1. The molecule has 0 radical (unpaired) electrons. The first-order valence-electron chi connectivity index (χ1n) is 6.96. The fourth-order valence-corrected chi connectivity index (χ4v) is 2.30. The van der Waals surface area contributed by atoms with E-state index in [1.807, 2.05) is 18.2 Å². The van der Waals surface area contributed by atoms with Crippen molar-refractivity contribution >= 4 is 17.3 Å². The fraction of sp³-hybridized carbons (Fsp3) is 0.235. The zero-order valence-corrected chi connectivity index (χ0v) is 12.2. The molecule has 0 aromatic heterocycles. The molecule has 0 aliphatic carbocycles. The van der Waals surface area contributed by atoms with Crippen LogP contribution in [0.2, 0.25) is 0 Å². The van der Waals surface area contributed by atoms with Crippen molar-refractivity contribution in [1.29, 1.82) is 0 Å². The first kappa shape index (κ1) is 13.5. The second-order valence-corrected chi connectivity index (χ2v) is 5.26. The highest BCUT2D eigenvalue weighted by Gasteiger charge is 2.22. The molecule has 2 aromatic carbocycles. The van der Waals surface area contributed by atoms with Crippen LogP contribution in [0.3, 0.4) is 0 Å². The summed E-state index contributed by atoms with van der Waals surface area (Å²) in [4.78, 5) is 13.2. The fourth-order valence-electron chi connectivity index (χ4n) is 2.30. The lowest BCUT2D eigenvalue weighted by Crippen LogP contribution is -2.35. The number of hydrogen-bond acceptors (Lipinski definition) is 3. The van der Waals surface area contributed by atoms with Crippen LogP contribution in [-0.2, 0) is 11.3 Å². The predicted octanol–water partition coefficient (Wildman–Crippen LogP) is 2.96. The monoisotopic (exact) mass is 282 g/mol. The number of hydrogen-bond donors (Lipinski definition) is 1. The number of rotatable bonds is 3. The SMILES string of the molecule is Cc1ccc(CNc2ccc3c(c2)OCC(=O)N3C)cc1. The number of fused-ring (bicyclic) bond motifs is 1. The van der Waals surface area contributed by atoms with Crippen LogP contribution >= 0.6 is 0 Å². The summed E-state index contributed by atoms with van der Waals surface area (Å²) in [6.45, 7) is 2.94. The standard InChI is InChI=1S/C17H18N2O2/c1-12-3-5-13(6-4-12)10-18-14-7-8-15-16(9-14)21-11-17(20)19(15)2/h3-9,18H,10-11H2,1-2H3. The highest BCUT2D eigenvalue weighted by atomic mass is 16.5. The Bertz CT molecular complexity index is 665. The van der Waals surface area contributed by atoms with Crippen LogP contribution in [0.5, 0.6) is 5.75 Å². The van der Waals surface area contributed by atoms with Gasteiger partial charge in [-0.15, -0.1) is 0 Å². The molecule has 0 atom stereocenters. The van der Waals surface area contributed by atoms with Crippen LogP contribution in [0.1, 0.15) is 11.1 Å². The number of benzene rings is 2. The van der Waals surface area contributed by atoms with Gasteiger partial charge in [0.2, 0.25) is 0 Å². The van der Waals surface area contributed by atoms with Gasteiger partial charge in [-0.2, -0.15) is 0 Å². The summed E-state index contributed by atoms with van der Waals surface area (Å²) in [5.74, 6) is 0.717. The largest absolute Gasteiger partial charge is 0.481 e. The molecular weight excluding hydrogens is 264 g/mol. The molecule has 4 heteroatoms. The summed E-state index contributed by atoms with van der Waals surface area (Å²) >= 11 is 0. The normalized spacial score (nSPS) is 13.6. The van der Waals surface area contributed by atoms with E-state index in [2.05, 4.69) is 36.5 Å². The Kier molecular flexibility index (Phi) is 3.52. The second kappa shape index (κ2) is 5.48. The molecule has 1 amide bonds.